The van der Waals surface area contributed by atoms with Gasteiger partial charge in [0.1, 0.15) is 6.61 Å². The zero-order chi connectivity index (χ0) is 22.6. The van der Waals surface area contributed by atoms with Crippen LogP contribution in [0.3, 0.4) is 0 Å². The van der Waals surface area contributed by atoms with Crippen molar-refractivity contribution in [3.8, 4) is 23.1 Å². The summed E-state index contributed by atoms with van der Waals surface area (Å²) in [6.07, 6.45) is -4.73. The smallest absolute Gasteiger partial charge is 0.416 e. The van der Waals surface area contributed by atoms with Crippen molar-refractivity contribution in [1.82, 2.24) is 14.8 Å². The zero-order valence-electron chi connectivity index (χ0n) is 17.1. The number of aromatic nitrogens is 3. The predicted octanol–water partition coefficient (Wildman–Crippen LogP) is 4.33. The number of carbonyl (C=O) groups excluding carboxylic acids is 1. The largest absolute Gasteiger partial charge is 0.460 e. The van der Waals surface area contributed by atoms with E-state index in [1.54, 1.807) is 38.1 Å². The van der Waals surface area contributed by atoms with Crippen LogP contribution in [0.5, 0.6) is 6.01 Å². The van der Waals surface area contributed by atoms with Gasteiger partial charge in [-0.15, -0.1) is 5.10 Å². The van der Waals surface area contributed by atoms with E-state index >= 15 is 0 Å². The van der Waals surface area contributed by atoms with Gasteiger partial charge in [0, 0.05) is 18.4 Å². The summed E-state index contributed by atoms with van der Waals surface area (Å²) in [5, 5.41) is 6.98. The summed E-state index contributed by atoms with van der Waals surface area (Å²) in [4.78, 5) is 16.1. The molecule has 1 heterocycles. The van der Waals surface area contributed by atoms with Crippen LogP contribution in [-0.4, -0.2) is 40.5 Å². The molecule has 0 aliphatic rings. The van der Waals surface area contributed by atoms with E-state index in [9.17, 15) is 18.0 Å². The lowest BCUT2D eigenvalue weighted by molar-refractivity contribution is -0.137. The minimum absolute atomic E-state index is 0.0243. The SMILES string of the molecule is COCC(=O)Nc1cccc(-n2nc(OC(C)C)nc2-c2cccc(C(F)(F)F)c2)c1. The van der Waals surface area contributed by atoms with Crippen molar-refractivity contribution in [3.05, 3.63) is 54.1 Å². The molecule has 0 fully saturated rings. The van der Waals surface area contributed by atoms with Gasteiger partial charge in [0.15, 0.2) is 5.82 Å². The van der Waals surface area contributed by atoms with Crippen LogP contribution < -0.4 is 10.1 Å². The summed E-state index contributed by atoms with van der Waals surface area (Å²) in [5.74, 6) is -0.178. The summed E-state index contributed by atoms with van der Waals surface area (Å²) in [7, 11) is 1.41. The molecular weight excluding hydrogens is 413 g/mol. The third kappa shape index (κ3) is 5.60. The van der Waals surface area contributed by atoms with E-state index in [0.29, 0.717) is 11.4 Å². The van der Waals surface area contributed by atoms with E-state index in [1.165, 1.54) is 23.9 Å². The molecule has 0 aliphatic carbocycles. The normalized spacial score (nSPS) is 11.6. The van der Waals surface area contributed by atoms with Crippen LogP contribution in [-0.2, 0) is 15.7 Å². The van der Waals surface area contributed by atoms with Crippen molar-refractivity contribution in [2.45, 2.75) is 26.1 Å². The molecule has 1 N–H and O–H groups in total. The molecule has 0 atom stereocenters. The molecule has 0 saturated heterocycles. The van der Waals surface area contributed by atoms with E-state index in [0.717, 1.165) is 12.1 Å². The lowest BCUT2D eigenvalue weighted by Gasteiger charge is -2.11. The number of benzene rings is 2. The first-order valence-corrected chi connectivity index (χ1v) is 9.38. The monoisotopic (exact) mass is 434 g/mol. The Bertz CT molecular complexity index is 1060. The second-order valence-corrected chi connectivity index (χ2v) is 6.91. The highest BCUT2D eigenvalue weighted by molar-refractivity contribution is 5.91. The molecule has 0 radical (unpaired) electrons. The average molecular weight is 434 g/mol. The number of hydrogen-bond acceptors (Lipinski definition) is 5. The number of methoxy groups -OCH3 is 1. The molecule has 2 aromatic carbocycles. The van der Waals surface area contributed by atoms with Gasteiger partial charge in [0.25, 0.3) is 0 Å². The van der Waals surface area contributed by atoms with Crippen molar-refractivity contribution in [2.75, 3.05) is 19.0 Å². The highest BCUT2D eigenvalue weighted by Gasteiger charge is 2.31. The molecule has 3 aromatic rings. The Morgan fingerprint density at radius 1 is 1.16 bits per heavy atom. The highest BCUT2D eigenvalue weighted by Crippen LogP contribution is 2.33. The number of nitrogens with zero attached hydrogens (tertiary/aromatic N) is 3. The van der Waals surface area contributed by atoms with E-state index in [-0.39, 0.29) is 36.0 Å². The van der Waals surface area contributed by atoms with Gasteiger partial charge in [-0.2, -0.15) is 18.2 Å². The number of rotatable bonds is 7. The van der Waals surface area contributed by atoms with Crippen LogP contribution in [0.15, 0.2) is 48.5 Å². The number of halogens is 3. The van der Waals surface area contributed by atoms with E-state index in [2.05, 4.69) is 15.4 Å². The molecule has 0 unspecified atom stereocenters. The van der Waals surface area contributed by atoms with Gasteiger partial charge >= 0.3 is 12.2 Å². The van der Waals surface area contributed by atoms with Gasteiger partial charge < -0.3 is 14.8 Å². The molecular formula is C21H21F3N4O3. The molecule has 164 valence electrons. The van der Waals surface area contributed by atoms with Gasteiger partial charge in [0.2, 0.25) is 5.91 Å². The van der Waals surface area contributed by atoms with Crippen LogP contribution in [0.4, 0.5) is 18.9 Å². The Labute approximate surface area is 176 Å². The molecule has 0 saturated carbocycles. The minimum atomic E-state index is -4.50. The maximum atomic E-state index is 13.2. The van der Waals surface area contributed by atoms with E-state index in [1.807, 2.05) is 0 Å². The van der Waals surface area contributed by atoms with Gasteiger partial charge in [-0.1, -0.05) is 18.2 Å². The van der Waals surface area contributed by atoms with Crippen LogP contribution in [0.2, 0.25) is 0 Å². The van der Waals surface area contributed by atoms with Crippen LogP contribution >= 0.6 is 0 Å². The summed E-state index contributed by atoms with van der Waals surface area (Å²) < 4.78 is 51.3. The zero-order valence-corrected chi connectivity index (χ0v) is 17.1. The molecule has 0 aliphatic heterocycles. The topological polar surface area (TPSA) is 78.3 Å². The number of anilines is 1. The lowest BCUT2D eigenvalue weighted by atomic mass is 10.1. The van der Waals surface area contributed by atoms with E-state index < -0.39 is 11.7 Å². The fourth-order valence-corrected chi connectivity index (χ4v) is 2.80. The molecule has 0 spiro atoms. The lowest BCUT2D eigenvalue weighted by Crippen LogP contribution is -2.17. The fourth-order valence-electron chi connectivity index (χ4n) is 2.80. The van der Waals surface area contributed by atoms with Crippen molar-refractivity contribution in [3.63, 3.8) is 0 Å². The molecule has 10 heteroatoms. The summed E-state index contributed by atoms with van der Waals surface area (Å²) in [6.45, 7) is 3.46. The van der Waals surface area contributed by atoms with Crippen molar-refractivity contribution < 1.29 is 27.4 Å². The Morgan fingerprint density at radius 2 is 1.90 bits per heavy atom. The van der Waals surface area contributed by atoms with Crippen LogP contribution in [0, 0.1) is 0 Å². The van der Waals surface area contributed by atoms with Crippen molar-refractivity contribution >= 4 is 11.6 Å². The fraction of sp³-hybridized carbons (Fsp3) is 0.286. The Morgan fingerprint density at radius 3 is 2.58 bits per heavy atom. The maximum Gasteiger partial charge on any atom is 0.416 e. The molecule has 31 heavy (non-hydrogen) atoms. The van der Waals surface area contributed by atoms with Crippen molar-refractivity contribution in [2.24, 2.45) is 0 Å². The minimum Gasteiger partial charge on any atom is -0.460 e. The van der Waals surface area contributed by atoms with Gasteiger partial charge in [-0.05, 0) is 44.2 Å². The number of carbonyl (C=O) groups is 1. The quantitative estimate of drug-likeness (QED) is 0.599. The summed E-state index contributed by atoms with van der Waals surface area (Å²) >= 11 is 0. The Balaban J connectivity index is 2.07. The molecule has 3 rings (SSSR count). The van der Waals surface area contributed by atoms with Gasteiger partial charge in [-0.3, -0.25) is 4.79 Å². The second-order valence-electron chi connectivity index (χ2n) is 6.91. The highest BCUT2D eigenvalue weighted by atomic mass is 19.4. The Kier molecular flexibility index (Phi) is 6.59. The van der Waals surface area contributed by atoms with Gasteiger partial charge in [0.05, 0.1) is 17.4 Å². The molecule has 1 amide bonds. The number of amides is 1. The van der Waals surface area contributed by atoms with Gasteiger partial charge in [-0.25, -0.2) is 4.68 Å². The third-order valence-corrected chi connectivity index (χ3v) is 4.03. The summed E-state index contributed by atoms with van der Waals surface area (Å²) in [5.41, 5.74) is 0.367. The average Bonchev–Trinajstić information content (AvgIpc) is 3.11. The number of alkyl halides is 3. The number of nitrogens with one attached hydrogen (secondary N) is 1. The molecule has 0 bridgehead atoms. The first-order valence-electron chi connectivity index (χ1n) is 9.38. The second kappa shape index (κ2) is 9.17. The Hall–Kier alpha value is -3.40. The summed E-state index contributed by atoms with van der Waals surface area (Å²) in [6, 6.07) is 11.5. The number of ether oxygens (including phenoxy) is 2. The standard InChI is InChI=1S/C21H21F3N4O3/c1-13(2)31-20-26-19(14-6-4-7-15(10-14)21(22,23)24)28(27-20)17-9-5-8-16(11-17)25-18(29)12-30-3/h4-11,13H,12H2,1-3H3,(H,25,29). The van der Waals surface area contributed by atoms with Crippen LogP contribution in [0.25, 0.3) is 17.1 Å². The predicted molar refractivity (Wildman–Crippen MR) is 108 cm³/mol. The molecule has 1 aromatic heterocycles. The van der Waals surface area contributed by atoms with Crippen LogP contribution in [0.1, 0.15) is 19.4 Å². The third-order valence-electron chi connectivity index (χ3n) is 4.03. The molecule has 7 nitrogen and oxygen atoms in total. The maximum absolute atomic E-state index is 13.2. The number of hydrogen-bond donors (Lipinski definition) is 1. The first-order chi connectivity index (χ1) is 14.7. The van der Waals surface area contributed by atoms with Crippen molar-refractivity contribution in [1.29, 1.82) is 0 Å². The van der Waals surface area contributed by atoms with E-state index in [4.69, 9.17) is 9.47 Å². The first kappa shape index (κ1) is 22.3.